The molecule has 0 aromatic rings. The lowest BCUT2D eigenvalue weighted by atomic mass is 10.3. The molecular formula is C19H41N3O6. The highest BCUT2D eigenvalue weighted by atomic mass is 16.5. The maximum absolute atomic E-state index is 11.5. The first-order chi connectivity index (χ1) is 13.4. The van der Waals surface area contributed by atoms with Gasteiger partial charge in [0.05, 0.1) is 52.9 Å². The molecule has 168 valence electrons. The summed E-state index contributed by atoms with van der Waals surface area (Å²) in [6.45, 7) is 13.0. The predicted molar refractivity (Wildman–Crippen MR) is 109 cm³/mol. The normalized spacial score (nSPS) is 10.4. The third-order valence-electron chi connectivity index (χ3n) is 2.67. The van der Waals surface area contributed by atoms with E-state index in [2.05, 4.69) is 31.4 Å². The van der Waals surface area contributed by atoms with E-state index in [4.69, 9.17) is 24.7 Å². The SMILES string of the molecule is CC(=O)NCCOCCOCCNC(=O)CCOCCOCCN.CC(C)C. The first kappa shape index (κ1) is 28.9. The summed E-state index contributed by atoms with van der Waals surface area (Å²) in [4.78, 5) is 22.1. The summed E-state index contributed by atoms with van der Waals surface area (Å²) >= 11 is 0. The van der Waals surface area contributed by atoms with Crippen LogP contribution in [0.15, 0.2) is 0 Å². The van der Waals surface area contributed by atoms with Gasteiger partial charge in [-0.15, -0.1) is 0 Å². The van der Waals surface area contributed by atoms with E-state index < -0.39 is 0 Å². The fourth-order valence-corrected chi connectivity index (χ4v) is 1.54. The molecule has 0 spiro atoms. The molecule has 0 fully saturated rings. The third-order valence-corrected chi connectivity index (χ3v) is 2.67. The maximum Gasteiger partial charge on any atom is 0.222 e. The second kappa shape index (κ2) is 23.8. The van der Waals surface area contributed by atoms with Crippen LogP contribution >= 0.6 is 0 Å². The van der Waals surface area contributed by atoms with Crippen molar-refractivity contribution in [3.05, 3.63) is 0 Å². The number of amides is 2. The first-order valence-electron chi connectivity index (χ1n) is 9.92. The topological polar surface area (TPSA) is 121 Å². The molecule has 0 aliphatic rings. The molecule has 0 aliphatic heterocycles. The number of hydrogen-bond donors (Lipinski definition) is 3. The Labute approximate surface area is 170 Å². The number of carbonyl (C=O) groups excluding carboxylic acids is 2. The molecule has 0 aliphatic carbocycles. The van der Waals surface area contributed by atoms with E-state index in [1.54, 1.807) is 0 Å². The van der Waals surface area contributed by atoms with Crippen molar-refractivity contribution in [1.29, 1.82) is 0 Å². The fourth-order valence-electron chi connectivity index (χ4n) is 1.54. The van der Waals surface area contributed by atoms with Crippen molar-refractivity contribution in [1.82, 2.24) is 10.6 Å². The summed E-state index contributed by atoms with van der Waals surface area (Å²) in [5.74, 6) is 0.684. The molecule has 0 atom stereocenters. The Morgan fingerprint density at radius 3 is 1.64 bits per heavy atom. The molecule has 0 saturated heterocycles. The van der Waals surface area contributed by atoms with Crippen LogP contribution in [0.5, 0.6) is 0 Å². The van der Waals surface area contributed by atoms with Crippen molar-refractivity contribution in [2.75, 3.05) is 72.5 Å². The Kier molecular flexibility index (Phi) is 24.6. The minimum atomic E-state index is -0.0759. The third kappa shape index (κ3) is 32.4. The zero-order valence-electron chi connectivity index (χ0n) is 18.1. The quantitative estimate of drug-likeness (QED) is 0.297. The zero-order chi connectivity index (χ0) is 21.5. The van der Waals surface area contributed by atoms with Gasteiger partial charge in [-0.25, -0.2) is 0 Å². The molecule has 2 amide bonds. The number of rotatable bonds is 17. The van der Waals surface area contributed by atoms with Crippen molar-refractivity contribution in [2.45, 2.75) is 34.1 Å². The highest BCUT2D eigenvalue weighted by Crippen LogP contribution is 1.85. The van der Waals surface area contributed by atoms with Gasteiger partial charge in [0.25, 0.3) is 0 Å². The Morgan fingerprint density at radius 1 is 0.750 bits per heavy atom. The van der Waals surface area contributed by atoms with Crippen molar-refractivity contribution in [2.24, 2.45) is 11.7 Å². The van der Waals surface area contributed by atoms with Gasteiger partial charge in [0.1, 0.15) is 0 Å². The second-order valence-electron chi connectivity index (χ2n) is 6.55. The summed E-state index contributed by atoms with van der Waals surface area (Å²) < 4.78 is 21.0. The van der Waals surface area contributed by atoms with Gasteiger partial charge in [-0.3, -0.25) is 9.59 Å². The van der Waals surface area contributed by atoms with Crippen LogP contribution in [-0.2, 0) is 28.5 Å². The van der Waals surface area contributed by atoms with E-state index in [1.807, 2.05) is 0 Å². The highest BCUT2D eigenvalue weighted by molar-refractivity contribution is 5.75. The second-order valence-corrected chi connectivity index (χ2v) is 6.55. The van der Waals surface area contributed by atoms with Crippen LogP contribution in [-0.4, -0.2) is 84.3 Å². The van der Waals surface area contributed by atoms with Gasteiger partial charge in [-0.05, 0) is 5.92 Å². The largest absolute Gasteiger partial charge is 0.379 e. The molecule has 0 rings (SSSR count). The van der Waals surface area contributed by atoms with Gasteiger partial charge in [0, 0.05) is 33.0 Å². The predicted octanol–water partition coefficient (Wildman–Crippen LogP) is 0.316. The average molecular weight is 408 g/mol. The Morgan fingerprint density at radius 2 is 1.18 bits per heavy atom. The van der Waals surface area contributed by atoms with Crippen LogP contribution in [0, 0.1) is 5.92 Å². The molecule has 9 heteroatoms. The van der Waals surface area contributed by atoms with E-state index >= 15 is 0 Å². The summed E-state index contributed by atoms with van der Waals surface area (Å²) in [5.41, 5.74) is 5.27. The van der Waals surface area contributed by atoms with Gasteiger partial charge in [0.2, 0.25) is 11.8 Å². The fraction of sp³-hybridized carbons (Fsp3) is 0.895. The van der Waals surface area contributed by atoms with Gasteiger partial charge in [-0.2, -0.15) is 0 Å². The molecule has 0 aromatic heterocycles. The van der Waals surface area contributed by atoms with E-state index in [9.17, 15) is 9.59 Å². The lowest BCUT2D eigenvalue weighted by molar-refractivity contribution is -0.122. The molecule has 0 aromatic carbocycles. The van der Waals surface area contributed by atoms with Gasteiger partial charge in [-0.1, -0.05) is 20.8 Å². The summed E-state index contributed by atoms with van der Waals surface area (Å²) in [6.07, 6.45) is 0.309. The van der Waals surface area contributed by atoms with E-state index in [0.29, 0.717) is 78.9 Å². The molecule has 4 N–H and O–H groups in total. The van der Waals surface area contributed by atoms with Crippen molar-refractivity contribution >= 4 is 11.8 Å². The van der Waals surface area contributed by atoms with Gasteiger partial charge < -0.3 is 35.3 Å². The number of carbonyl (C=O) groups is 2. The minimum Gasteiger partial charge on any atom is -0.379 e. The number of nitrogens with two attached hydrogens (primary N) is 1. The maximum atomic E-state index is 11.5. The van der Waals surface area contributed by atoms with Gasteiger partial charge in [0.15, 0.2) is 0 Å². The zero-order valence-corrected chi connectivity index (χ0v) is 18.1. The molecule has 0 heterocycles. The van der Waals surface area contributed by atoms with Crippen molar-refractivity contribution in [3.8, 4) is 0 Å². The summed E-state index contributed by atoms with van der Waals surface area (Å²) in [5, 5.41) is 5.37. The van der Waals surface area contributed by atoms with E-state index in [0.717, 1.165) is 5.92 Å². The Hall–Kier alpha value is -1.26. The molecule has 0 unspecified atom stereocenters. The molecule has 28 heavy (non-hydrogen) atoms. The van der Waals surface area contributed by atoms with Crippen LogP contribution in [0.2, 0.25) is 0 Å². The minimum absolute atomic E-state index is 0.0732. The first-order valence-corrected chi connectivity index (χ1v) is 9.92. The van der Waals surface area contributed by atoms with Gasteiger partial charge >= 0.3 is 0 Å². The van der Waals surface area contributed by atoms with Crippen LogP contribution in [0.4, 0.5) is 0 Å². The van der Waals surface area contributed by atoms with Crippen LogP contribution in [0.3, 0.4) is 0 Å². The number of hydrogen-bond acceptors (Lipinski definition) is 7. The van der Waals surface area contributed by atoms with Crippen LogP contribution in [0.1, 0.15) is 34.1 Å². The Bertz CT molecular complexity index is 354. The van der Waals surface area contributed by atoms with E-state index in [1.165, 1.54) is 6.92 Å². The van der Waals surface area contributed by atoms with Crippen molar-refractivity contribution < 1.29 is 28.5 Å². The standard InChI is InChI=1S/C15H31N3O6.C4H10/c1-14(19)17-4-8-23-12-13-24-9-5-18-15(20)2-6-21-10-11-22-7-3-16;1-4(2)3/h2-13,16H2,1H3,(H,17,19)(H,18,20);4H,1-3H3. The lowest BCUT2D eigenvalue weighted by Crippen LogP contribution is -2.28. The summed E-state index contributed by atoms with van der Waals surface area (Å²) in [7, 11) is 0. The lowest BCUT2D eigenvalue weighted by Gasteiger charge is -2.08. The average Bonchev–Trinajstić information content (AvgIpc) is 2.61. The summed E-state index contributed by atoms with van der Waals surface area (Å²) in [6, 6.07) is 0. The van der Waals surface area contributed by atoms with Crippen LogP contribution in [0.25, 0.3) is 0 Å². The highest BCUT2D eigenvalue weighted by Gasteiger charge is 2.00. The smallest absolute Gasteiger partial charge is 0.222 e. The number of ether oxygens (including phenoxy) is 4. The van der Waals surface area contributed by atoms with Crippen molar-refractivity contribution in [3.63, 3.8) is 0 Å². The van der Waals surface area contributed by atoms with E-state index in [-0.39, 0.29) is 11.8 Å². The molecule has 0 bridgehead atoms. The monoisotopic (exact) mass is 407 g/mol. The number of nitrogens with one attached hydrogen (secondary N) is 2. The molecule has 9 nitrogen and oxygen atoms in total. The Balaban J connectivity index is 0. The molecular weight excluding hydrogens is 366 g/mol. The molecule has 0 saturated carbocycles. The van der Waals surface area contributed by atoms with Crippen LogP contribution < -0.4 is 16.4 Å². The molecule has 0 radical (unpaired) electrons.